The van der Waals surface area contributed by atoms with Crippen LogP contribution in [-0.4, -0.2) is 9.99 Å². The van der Waals surface area contributed by atoms with Gasteiger partial charge in [-0.1, -0.05) is 54.6 Å². The summed E-state index contributed by atoms with van der Waals surface area (Å²) in [7, 11) is -1.81. The molecule has 3 nitrogen and oxygen atoms in total. The van der Waals surface area contributed by atoms with E-state index in [1.807, 2.05) is 0 Å². The number of furan rings is 1. The molecule has 0 amide bonds. The predicted molar refractivity (Wildman–Crippen MR) is 108 cm³/mol. The maximum Gasteiger partial charge on any atom is 0.416 e. The molecule has 3 aromatic carbocycles. The molecule has 152 valence electrons. The zero-order valence-electron chi connectivity index (χ0n) is 15.5. The van der Waals surface area contributed by atoms with Crippen LogP contribution in [0.15, 0.2) is 88.2 Å². The third kappa shape index (κ3) is 3.93. The summed E-state index contributed by atoms with van der Waals surface area (Å²) in [6.45, 7) is 0. The third-order valence-electron chi connectivity index (χ3n) is 4.64. The summed E-state index contributed by atoms with van der Waals surface area (Å²) in [6, 6.07) is 19.8. The van der Waals surface area contributed by atoms with Gasteiger partial charge in [0.2, 0.25) is 5.78 Å². The van der Waals surface area contributed by atoms with Crippen LogP contribution in [-0.2, 0) is 22.7 Å². The number of ketones is 1. The van der Waals surface area contributed by atoms with Gasteiger partial charge in [0.05, 0.1) is 22.1 Å². The van der Waals surface area contributed by atoms with Gasteiger partial charge in [-0.15, -0.1) is 0 Å². The second kappa shape index (κ2) is 7.91. The predicted octanol–water partition coefficient (Wildman–Crippen LogP) is 5.99. The lowest BCUT2D eigenvalue weighted by molar-refractivity contribution is -0.137. The van der Waals surface area contributed by atoms with Crippen molar-refractivity contribution in [1.82, 2.24) is 0 Å². The Hall–Kier alpha value is -3.19. The van der Waals surface area contributed by atoms with Crippen LogP contribution < -0.4 is 0 Å². The minimum atomic E-state index is -4.53. The van der Waals surface area contributed by atoms with E-state index in [-0.39, 0.29) is 22.2 Å². The zero-order valence-corrected chi connectivity index (χ0v) is 16.3. The Balaban J connectivity index is 1.75. The Morgan fingerprint density at radius 3 is 2.33 bits per heavy atom. The molecular formula is C23H15F3O3S. The molecule has 0 unspecified atom stereocenters. The number of benzene rings is 3. The van der Waals surface area contributed by atoms with E-state index in [2.05, 4.69) is 0 Å². The first-order valence-corrected chi connectivity index (χ1v) is 10.3. The number of para-hydroxylation sites is 1. The SMILES string of the molecule is O=C(c1ccccc1)c1oc2ccccc2c1C[S@](=O)c1cccc(C(F)(F)F)c1. The number of carbonyl (C=O) groups is 1. The van der Waals surface area contributed by atoms with E-state index in [1.54, 1.807) is 54.6 Å². The summed E-state index contributed by atoms with van der Waals surface area (Å²) in [6.07, 6.45) is -4.53. The van der Waals surface area contributed by atoms with Crippen molar-refractivity contribution in [3.8, 4) is 0 Å². The first-order valence-electron chi connectivity index (χ1n) is 9.00. The molecule has 0 radical (unpaired) electrons. The van der Waals surface area contributed by atoms with Gasteiger partial charge in [0.15, 0.2) is 5.76 Å². The van der Waals surface area contributed by atoms with E-state index in [9.17, 15) is 22.2 Å². The Bertz CT molecular complexity index is 1240. The highest BCUT2D eigenvalue weighted by Gasteiger charge is 2.31. The molecule has 4 aromatic rings. The Morgan fingerprint density at radius 1 is 0.900 bits per heavy atom. The van der Waals surface area contributed by atoms with Crippen LogP contribution >= 0.6 is 0 Å². The Kier molecular flexibility index (Phi) is 5.30. The van der Waals surface area contributed by atoms with Crippen molar-refractivity contribution in [2.24, 2.45) is 0 Å². The van der Waals surface area contributed by atoms with Gasteiger partial charge in [0.25, 0.3) is 0 Å². The maximum absolute atomic E-state index is 13.0. The van der Waals surface area contributed by atoms with Crippen LogP contribution in [0.5, 0.6) is 0 Å². The van der Waals surface area contributed by atoms with Crippen LogP contribution in [0.25, 0.3) is 11.0 Å². The summed E-state index contributed by atoms with van der Waals surface area (Å²) >= 11 is 0. The fraction of sp³-hybridized carbons (Fsp3) is 0.0870. The quantitative estimate of drug-likeness (QED) is 0.367. The molecule has 1 heterocycles. The van der Waals surface area contributed by atoms with E-state index in [4.69, 9.17) is 4.42 Å². The van der Waals surface area contributed by atoms with Gasteiger partial charge in [-0.2, -0.15) is 13.2 Å². The molecule has 0 fully saturated rings. The van der Waals surface area contributed by atoms with Crippen molar-refractivity contribution in [3.05, 3.63) is 101 Å². The first kappa shape index (κ1) is 20.1. The number of hydrogen-bond donors (Lipinski definition) is 0. The number of hydrogen-bond acceptors (Lipinski definition) is 3. The molecule has 0 saturated carbocycles. The van der Waals surface area contributed by atoms with E-state index >= 15 is 0 Å². The molecule has 0 aliphatic heterocycles. The lowest BCUT2D eigenvalue weighted by Gasteiger charge is -2.09. The van der Waals surface area contributed by atoms with E-state index < -0.39 is 22.5 Å². The summed E-state index contributed by atoms with van der Waals surface area (Å²) in [5.74, 6) is -0.475. The average Bonchev–Trinajstić information content (AvgIpc) is 3.11. The van der Waals surface area contributed by atoms with Crippen LogP contribution in [0.1, 0.15) is 27.2 Å². The molecule has 1 atom stereocenters. The van der Waals surface area contributed by atoms with Crippen molar-refractivity contribution >= 4 is 27.6 Å². The second-order valence-corrected chi connectivity index (χ2v) is 8.07. The van der Waals surface area contributed by atoms with Crippen molar-refractivity contribution in [2.45, 2.75) is 16.8 Å². The summed E-state index contributed by atoms with van der Waals surface area (Å²) in [4.78, 5) is 13.0. The fourth-order valence-corrected chi connectivity index (χ4v) is 4.38. The van der Waals surface area contributed by atoms with E-state index in [1.165, 1.54) is 12.1 Å². The molecule has 0 saturated heterocycles. The number of carbonyl (C=O) groups excluding carboxylic acids is 1. The van der Waals surface area contributed by atoms with Gasteiger partial charge in [0, 0.05) is 21.4 Å². The van der Waals surface area contributed by atoms with Crippen molar-refractivity contribution in [2.75, 3.05) is 0 Å². The van der Waals surface area contributed by atoms with Crippen LogP contribution in [0, 0.1) is 0 Å². The monoisotopic (exact) mass is 428 g/mol. The number of fused-ring (bicyclic) bond motifs is 1. The highest BCUT2D eigenvalue weighted by molar-refractivity contribution is 7.84. The topological polar surface area (TPSA) is 47.3 Å². The number of halogens is 3. The van der Waals surface area contributed by atoms with Crippen molar-refractivity contribution in [1.29, 1.82) is 0 Å². The number of alkyl halides is 3. The molecule has 7 heteroatoms. The second-order valence-electron chi connectivity index (χ2n) is 6.62. The lowest BCUT2D eigenvalue weighted by Crippen LogP contribution is -2.08. The fourth-order valence-electron chi connectivity index (χ4n) is 3.17. The minimum Gasteiger partial charge on any atom is -0.452 e. The highest BCUT2D eigenvalue weighted by atomic mass is 32.2. The van der Waals surface area contributed by atoms with Gasteiger partial charge in [-0.25, -0.2) is 0 Å². The molecule has 0 aliphatic rings. The smallest absolute Gasteiger partial charge is 0.416 e. The molecule has 0 spiro atoms. The molecule has 0 bridgehead atoms. The molecule has 0 N–H and O–H groups in total. The molecule has 4 rings (SSSR count). The normalized spacial score (nSPS) is 12.8. The largest absolute Gasteiger partial charge is 0.452 e. The summed E-state index contributed by atoms with van der Waals surface area (Å²) < 4.78 is 57.8. The standard InChI is InChI=1S/C23H15F3O3S/c24-23(25,26)16-9-6-10-17(13-16)30(28)14-19-18-11-4-5-12-20(18)29-22(19)21(27)15-7-2-1-3-8-15/h1-13H,14H2/t30-/m0/s1. The summed E-state index contributed by atoms with van der Waals surface area (Å²) in [5, 5.41) is 0.608. The van der Waals surface area contributed by atoms with Gasteiger partial charge in [0.1, 0.15) is 5.58 Å². The van der Waals surface area contributed by atoms with Gasteiger partial charge in [-0.05, 0) is 24.3 Å². The van der Waals surface area contributed by atoms with Crippen molar-refractivity contribution in [3.63, 3.8) is 0 Å². The lowest BCUT2D eigenvalue weighted by atomic mass is 10.0. The Labute approximate surface area is 172 Å². The Morgan fingerprint density at radius 2 is 1.60 bits per heavy atom. The van der Waals surface area contributed by atoms with E-state index in [0.717, 1.165) is 12.1 Å². The van der Waals surface area contributed by atoms with Crippen LogP contribution in [0.4, 0.5) is 13.2 Å². The van der Waals surface area contributed by atoms with Gasteiger partial charge in [-0.3, -0.25) is 9.00 Å². The first-order chi connectivity index (χ1) is 14.3. The summed E-state index contributed by atoms with van der Waals surface area (Å²) in [5.41, 5.74) is 0.400. The molecule has 1 aromatic heterocycles. The van der Waals surface area contributed by atoms with E-state index in [0.29, 0.717) is 22.1 Å². The molecule has 0 aliphatic carbocycles. The van der Waals surface area contributed by atoms with Gasteiger partial charge < -0.3 is 4.42 Å². The van der Waals surface area contributed by atoms with Crippen molar-refractivity contribution < 1.29 is 26.6 Å². The number of rotatable bonds is 5. The van der Waals surface area contributed by atoms with Crippen LogP contribution in [0.2, 0.25) is 0 Å². The maximum atomic E-state index is 13.0. The van der Waals surface area contributed by atoms with Crippen LogP contribution in [0.3, 0.4) is 0 Å². The molecule has 30 heavy (non-hydrogen) atoms. The van der Waals surface area contributed by atoms with Gasteiger partial charge >= 0.3 is 6.18 Å². The zero-order chi connectivity index (χ0) is 21.3. The molecular weight excluding hydrogens is 413 g/mol. The highest BCUT2D eigenvalue weighted by Crippen LogP contribution is 2.32. The minimum absolute atomic E-state index is 0.0354. The average molecular weight is 428 g/mol. The third-order valence-corrected chi connectivity index (χ3v) is 5.97.